The first-order valence-corrected chi connectivity index (χ1v) is 7.54. The van der Waals surface area contributed by atoms with E-state index in [1.54, 1.807) is 6.07 Å². The SMILES string of the molecule is O=c1[nH]c(=S)nc2c(-c3cc(F)c(F)c(F)c3)c(-c3ncccn3)[nH]n12. The van der Waals surface area contributed by atoms with Gasteiger partial charge in [-0.25, -0.2) is 27.9 Å². The lowest BCUT2D eigenvalue weighted by molar-refractivity contribution is 0.448. The molecule has 0 bridgehead atoms. The quantitative estimate of drug-likeness (QED) is 0.415. The number of H-pyrrole nitrogens is 2. The number of aromatic nitrogens is 6. The van der Waals surface area contributed by atoms with Crippen LogP contribution in [0.1, 0.15) is 0 Å². The van der Waals surface area contributed by atoms with Gasteiger partial charge in [-0.3, -0.25) is 10.1 Å². The fourth-order valence-electron chi connectivity index (χ4n) is 2.53. The molecule has 4 rings (SSSR count). The Morgan fingerprint density at radius 3 is 2.38 bits per heavy atom. The summed E-state index contributed by atoms with van der Waals surface area (Å²) in [7, 11) is 0. The summed E-state index contributed by atoms with van der Waals surface area (Å²) in [5, 5.41) is 2.73. The number of nitrogens with zero attached hydrogens (tertiary/aromatic N) is 4. The molecular formula is C15H7F3N6OS. The van der Waals surface area contributed by atoms with Gasteiger partial charge >= 0.3 is 5.69 Å². The van der Waals surface area contributed by atoms with Gasteiger partial charge in [0.05, 0.1) is 5.56 Å². The molecule has 0 saturated carbocycles. The summed E-state index contributed by atoms with van der Waals surface area (Å²) in [6.07, 6.45) is 2.90. The number of benzene rings is 1. The molecule has 130 valence electrons. The predicted octanol–water partition coefficient (Wildman–Crippen LogP) is 2.62. The summed E-state index contributed by atoms with van der Waals surface area (Å²) in [5.41, 5.74) is -0.450. The van der Waals surface area contributed by atoms with Gasteiger partial charge < -0.3 is 0 Å². The molecule has 2 N–H and O–H groups in total. The highest BCUT2D eigenvalue weighted by Gasteiger charge is 2.22. The monoisotopic (exact) mass is 376 g/mol. The van der Waals surface area contributed by atoms with Crippen molar-refractivity contribution < 1.29 is 13.2 Å². The van der Waals surface area contributed by atoms with Crippen LogP contribution in [0.15, 0.2) is 35.4 Å². The van der Waals surface area contributed by atoms with Gasteiger partial charge in [-0.2, -0.15) is 9.50 Å². The fourth-order valence-corrected chi connectivity index (χ4v) is 2.71. The summed E-state index contributed by atoms with van der Waals surface area (Å²) < 4.78 is 41.7. The maximum atomic E-state index is 13.8. The van der Waals surface area contributed by atoms with E-state index in [2.05, 4.69) is 25.0 Å². The third-order valence-electron chi connectivity index (χ3n) is 3.60. The van der Waals surface area contributed by atoms with Crippen molar-refractivity contribution in [1.82, 2.24) is 29.5 Å². The minimum absolute atomic E-state index is 0.00777. The van der Waals surface area contributed by atoms with Crippen LogP contribution in [0.4, 0.5) is 13.2 Å². The topological polar surface area (TPSA) is 91.7 Å². The molecule has 7 nitrogen and oxygen atoms in total. The number of nitrogens with one attached hydrogen (secondary N) is 2. The van der Waals surface area contributed by atoms with Crippen LogP contribution in [-0.2, 0) is 0 Å². The van der Waals surface area contributed by atoms with Crippen molar-refractivity contribution in [3.05, 3.63) is 63.3 Å². The maximum absolute atomic E-state index is 13.8. The molecule has 0 unspecified atom stereocenters. The van der Waals surface area contributed by atoms with Crippen molar-refractivity contribution in [3.63, 3.8) is 0 Å². The van der Waals surface area contributed by atoms with Gasteiger partial charge in [-0.15, -0.1) is 0 Å². The van der Waals surface area contributed by atoms with Gasteiger partial charge in [-0.1, -0.05) is 0 Å². The third-order valence-corrected chi connectivity index (χ3v) is 3.79. The molecule has 4 aromatic rings. The molecule has 0 aliphatic rings. The van der Waals surface area contributed by atoms with Gasteiger partial charge in [0.2, 0.25) is 4.77 Å². The average Bonchev–Trinajstić information content (AvgIpc) is 2.99. The normalized spacial score (nSPS) is 11.2. The van der Waals surface area contributed by atoms with Gasteiger partial charge in [0.15, 0.2) is 28.9 Å². The van der Waals surface area contributed by atoms with Crippen LogP contribution in [0.3, 0.4) is 0 Å². The third kappa shape index (κ3) is 2.49. The number of rotatable bonds is 2. The van der Waals surface area contributed by atoms with Crippen molar-refractivity contribution in [2.45, 2.75) is 0 Å². The highest BCUT2D eigenvalue weighted by Crippen LogP contribution is 2.33. The molecule has 0 atom stereocenters. The molecule has 0 spiro atoms. The second kappa shape index (κ2) is 5.88. The molecular weight excluding hydrogens is 369 g/mol. The van der Waals surface area contributed by atoms with E-state index in [0.29, 0.717) is 0 Å². The van der Waals surface area contributed by atoms with Crippen LogP contribution >= 0.6 is 12.2 Å². The van der Waals surface area contributed by atoms with E-state index in [4.69, 9.17) is 12.2 Å². The summed E-state index contributed by atoms with van der Waals surface area (Å²) in [4.78, 5) is 26.6. The van der Waals surface area contributed by atoms with Crippen molar-refractivity contribution in [1.29, 1.82) is 0 Å². The molecule has 0 fully saturated rings. The highest BCUT2D eigenvalue weighted by molar-refractivity contribution is 7.71. The molecule has 0 amide bonds. The zero-order valence-corrected chi connectivity index (χ0v) is 13.4. The van der Waals surface area contributed by atoms with Crippen molar-refractivity contribution in [2.75, 3.05) is 0 Å². The van der Waals surface area contributed by atoms with Gasteiger partial charge in [0, 0.05) is 12.4 Å². The Hall–Kier alpha value is -3.34. The molecule has 0 aliphatic carbocycles. The minimum atomic E-state index is -1.60. The van der Waals surface area contributed by atoms with Crippen LogP contribution < -0.4 is 5.69 Å². The molecule has 11 heteroatoms. The maximum Gasteiger partial charge on any atom is 0.348 e. The lowest BCUT2D eigenvalue weighted by atomic mass is 10.0. The Balaban J connectivity index is 2.16. The zero-order chi connectivity index (χ0) is 18.4. The number of hydrogen-bond acceptors (Lipinski definition) is 5. The minimum Gasteiger partial charge on any atom is -0.284 e. The Kier molecular flexibility index (Phi) is 3.65. The molecule has 0 radical (unpaired) electrons. The smallest absolute Gasteiger partial charge is 0.284 e. The molecule has 26 heavy (non-hydrogen) atoms. The van der Waals surface area contributed by atoms with Crippen LogP contribution in [0.2, 0.25) is 0 Å². The van der Waals surface area contributed by atoms with Crippen molar-refractivity contribution in [3.8, 4) is 22.6 Å². The summed E-state index contributed by atoms with van der Waals surface area (Å²) in [6, 6.07) is 3.16. The van der Waals surface area contributed by atoms with Crippen molar-refractivity contribution >= 4 is 17.9 Å². The Morgan fingerprint density at radius 2 is 1.73 bits per heavy atom. The van der Waals surface area contributed by atoms with E-state index in [0.717, 1.165) is 16.6 Å². The lowest BCUT2D eigenvalue weighted by Gasteiger charge is -2.04. The summed E-state index contributed by atoms with van der Waals surface area (Å²) in [6.45, 7) is 0. The first-order valence-electron chi connectivity index (χ1n) is 7.13. The van der Waals surface area contributed by atoms with Gasteiger partial charge in [0.1, 0.15) is 5.69 Å². The van der Waals surface area contributed by atoms with E-state index in [1.807, 2.05) is 0 Å². The number of hydrogen-bond donors (Lipinski definition) is 2. The Bertz CT molecular complexity index is 1240. The van der Waals surface area contributed by atoms with Crippen LogP contribution in [-0.4, -0.2) is 29.5 Å². The number of aromatic amines is 2. The van der Waals surface area contributed by atoms with E-state index in [9.17, 15) is 18.0 Å². The second-order valence-corrected chi connectivity index (χ2v) is 5.58. The van der Waals surface area contributed by atoms with Crippen LogP contribution in [0.25, 0.3) is 28.3 Å². The Morgan fingerprint density at radius 1 is 1.08 bits per heavy atom. The molecule has 3 aromatic heterocycles. The standard InChI is InChI=1S/C15H7F3N6OS/c16-7-4-6(5-8(17)10(7)18)9-11(12-19-2-1-3-20-12)23-24-13(9)21-14(26)22-15(24)25/h1-5,23H,(H,22,25,26). The van der Waals surface area contributed by atoms with Gasteiger partial charge in [0.25, 0.3) is 0 Å². The first kappa shape index (κ1) is 16.1. The highest BCUT2D eigenvalue weighted by atomic mass is 32.1. The van der Waals surface area contributed by atoms with E-state index in [-0.39, 0.29) is 33.1 Å². The van der Waals surface area contributed by atoms with Gasteiger partial charge in [-0.05, 0) is 36.0 Å². The summed E-state index contributed by atoms with van der Waals surface area (Å²) in [5.74, 6) is -4.23. The molecule has 1 aromatic carbocycles. The average molecular weight is 376 g/mol. The number of fused-ring (bicyclic) bond motifs is 1. The first-order chi connectivity index (χ1) is 12.5. The predicted molar refractivity (Wildman–Crippen MR) is 87.3 cm³/mol. The largest absolute Gasteiger partial charge is 0.348 e. The van der Waals surface area contributed by atoms with E-state index >= 15 is 0 Å². The van der Waals surface area contributed by atoms with Crippen molar-refractivity contribution in [2.24, 2.45) is 0 Å². The Labute approximate surface area is 147 Å². The molecule has 0 aliphatic heterocycles. The molecule has 0 saturated heterocycles. The zero-order valence-electron chi connectivity index (χ0n) is 12.6. The fraction of sp³-hybridized carbons (Fsp3) is 0. The molecule has 3 heterocycles. The van der Waals surface area contributed by atoms with Crippen LogP contribution in [0, 0.1) is 22.2 Å². The van der Waals surface area contributed by atoms with Crippen LogP contribution in [0.5, 0.6) is 0 Å². The van der Waals surface area contributed by atoms with E-state index in [1.165, 1.54) is 12.4 Å². The lowest BCUT2D eigenvalue weighted by Crippen LogP contribution is -2.18. The number of halogens is 3. The van der Waals surface area contributed by atoms with E-state index < -0.39 is 23.1 Å². The summed E-state index contributed by atoms with van der Waals surface area (Å²) >= 11 is 4.90. The second-order valence-electron chi connectivity index (χ2n) is 5.19.